The average Bonchev–Trinajstić information content (AvgIpc) is 2.60. The molecule has 0 atom stereocenters. The second-order valence-corrected chi connectivity index (χ2v) is 6.69. The monoisotopic (exact) mass is 405 g/mol. The second kappa shape index (κ2) is 9.22. The third-order valence-corrected chi connectivity index (χ3v) is 3.85. The molecule has 132 valence electrons. The number of hydrogen-bond donors (Lipinski definition) is 1. The Kier molecular flexibility index (Phi) is 7.01. The van der Waals surface area contributed by atoms with Gasteiger partial charge in [-0.25, -0.2) is 4.79 Å². The van der Waals surface area contributed by atoms with Gasteiger partial charge < -0.3 is 14.8 Å². The van der Waals surface area contributed by atoms with Gasteiger partial charge in [0.15, 0.2) is 6.61 Å². The molecule has 2 rings (SSSR count). The van der Waals surface area contributed by atoms with Crippen LogP contribution in [0.25, 0.3) is 0 Å². The van der Waals surface area contributed by atoms with Crippen LogP contribution in [0, 0.1) is 5.92 Å². The number of carbonyl (C=O) groups is 2. The van der Waals surface area contributed by atoms with Crippen LogP contribution >= 0.6 is 15.9 Å². The quantitative estimate of drug-likeness (QED) is 0.698. The summed E-state index contributed by atoms with van der Waals surface area (Å²) in [7, 11) is 0. The first-order chi connectivity index (χ1) is 12.0. The van der Waals surface area contributed by atoms with Crippen molar-refractivity contribution in [1.82, 2.24) is 0 Å². The van der Waals surface area contributed by atoms with Gasteiger partial charge >= 0.3 is 5.97 Å². The molecule has 0 saturated carbocycles. The van der Waals surface area contributed by atoms with Gasteiger partial charge in [-0.05, 0) is 58.2 Å². The molecule has 0 aliphatic rings. The minimum atomic E-state index is -0.558. The van der Waals surface area contributed by atoms with E-state index in [0.29, 0.717) is 29.5 Å². The van der Waals surface area contributed by atoms with Crippen molar-refractivity contribution in [2.75, 3.05) is 18.5 Å². The Labute approximate surface area is 155 Å². The van der Waals surface area contributed by atoms with Crippen LogP contribution < -0.4 is 10.1 Å². The molecule has 0 spiro atoms. The third-order valence-electron chi connectivity index (χ3n) is 3.16. The lowest BCUT2D eigenvalue weighted by Crippen LogP contribution is -2.21. The Hall–Kier alpha value is -2.34. The van der Waals surface area contributed by atoms with Crippen molar-refractivity contribution in [2.45, 2.75) is 13.8 Å². The van der Waals surface area contributed by atoms with E-state index in [1.807, 2.05) is 12.1 Å². The molecule has 1 amide bonds. The number of amides is 1. The minimum absolute atomic E-state index is 0.355. The van der Waals surface area contributed by atoms with Crippen molar-refractivity contribution < 1.29 is 19.1 Å². The molecule has 0 fully saturated rings. The Morgan fingerprint density at radius 1 is 1.08 bits per heavy atom. The molecule has 0 radical (unpaired) electrons. The lowest BCUT2D eigenvalue weighted by atomic mass is 10.2. The van der Waals surface area contributed by atoms with Gasteiger partial charge in [0.25, 0.3) is 5.91 Å². The van der Waals surface area contributed by atoms with E-state index in [4.69, 9.17) is 9.47 Å². The van der Waals surface area contributed by atoms with E-state index in [1.165, 1.54) is 0 Å². The van der Waals surface area contributed by atoms with Gasteiger partial charge in [-0.2, -0.15) is 0 Å². The third kappa shape index (κ3) is 6.23. The lowest BCUT2D eigenvalue weighted by molar-refractivity contribution is -0.119. The molecule has 0 aromatic heterocycles. The van der Waals surface area contributed by atoms with Gasteiger partial charge in [0, 0.05) is 4.47 Å². The van der Waals surface area contributed by atoms with Crippen LogP contribution in [0.15, 0.2) is 53.0 Å². The number of para-hydroxylation sites is 1. The van der Waals surface area contributed by atoms with Gasteiger partial charge in [0.1, 0.15) is 5.75 Å². The molecule has 0 bridgehead atoms. The highest BCUT2D eigenvalue weighted by Gasteiger charge is 2.11. The van der Waals surface area contributed by atoms with Crippen LogP contribution in [0.3, 0.4) is 0 Å². The fourth-order valence-corrected chi connectivity index (χ4v) is 2.30. The highest BCUT2D eigenvalue weighted by molar-refractivity contribution is 9.10. The Morgan fingerprint density at radius 3 is 2.40 bits per heavy atom. The Bertz CT molecular complexity index is 728. The number of anilines is 1. The van der Waals surface area contributed by atoms with Crippen molar-refractivity contribution in [3.05, 3.63) is 58.6 Å². The highest BCUT2D eigenvalue weighted by atomic mass is 79.9. The summed E-state index contributed by atoms with van der Waals surface area (Å²) < 4.78 is 11.3. The van der Waals surface area contributed by atoms with Crippen LogP contribution in [0.4, 0.5) is 5.69 Å². The smallest absolute Gasteiger partial charge is 0.338 e. The number of halogens is 1. The van der Waals surface area contributed by atoms with Crippen LogP contribution in [0.5, 0.6) is 5.75 Å². The molecule has 0 unspecified atom stereocenters. The number of ether oxygens (including phenoxy) is 2. The molecular weight excluding hydrogens is 386 g/mol. The van der Waals surface area contributed by atoms with Crippen molar-refractivity contribution in [2.24, 2.45) is 5.92 Å². The first kappa shape index (κ1) is 19.0. The van der Waals surface area contributed by atoms with Crippen LogP contribution in [0.2, 0.25) is 0 Å². The fourth-order valence-electron chi connectivity index (χ4n) is 1.91. The van der Waals surface area contributed by atoms with Gasteiger partial charge in [-0.15, -0.1) is 0 Å². The van der Waals surface area contributed by atoms with Gasteiger partial charge in [0.2, 0.25) is 0 Å². The first-order valence-corrected chi connectivity index (χ1v) is 8.69. The normalized spacial score (nSPS) is 10.4. The lowest BCUT2D eigenvalue weighted by Gasteiger charge is -2.10. The standard InChI is InChI=1S/C19H20BrNO4/c1-13(2)11-24-15-9-7-14(8-10-15)19(23)25-12-18(22)21-17-6-4-3-5-16(17)20/h3-10,13H,11-12H2,1-2H3,(H,21,22). The van der Waals surface area contributed by atoms with Crippen molar-refractivity contribution in [3.8, 4) is 5.75 Å². The minimum Gasteiger partial charge on any atom is -0.493 e. The fraction of sp³-hybridized carbons (Fsp3) is 0.263. The number of nitrogens with one attached hydrogen (secondary N) is 1. The van der Waals surface area contributed by atoms with Crippen molar-refractivity contribution >= 4 is 33.5 Å². The number of hydrogen-bond acceptors (Lipinski definition) is 4. The summed E-state index contributed by atoms with van der Waals surface area (Å²) >= 11 is 3.34. The van der Waals surface area contributed by atoms with Crippen molar-refractivity contribution in [3.63, 3.8) is 0 Å². The van der Waals surface area contributed by atoms with Gasteiger partial charge in [-0.1, -0.05) is 26.0 Å². The maximum Gasteiger partial charge on any atom is 0.338 e. The molecule has 5 nitrogen and oxygen atoms in total. The van der Waals surface area contributed by atoms with Crippen molar-refractivity contribution in [1.29, 1.82) is 0 Å². The van der Waals surface area contributed by atoms with E-state index < -0.39 is 11.9 Å². The van der Waals surface area contributed by atoms with Crippen LogP contribution in [0.1, 0.15) is 24.2 Å². The molecule has 2 aromatic carbocycles. The zero-order chi connectivity index (χ0) is 18.2. The second-order valence-electron chi connectivity index (χ2n) is 5.83. The summed E-state index contributed by atoms with van der Waals surface area (Å²) in [5, 5.41) is 2.67. The summed E-state index contributed by atoms with van der Waals surface area (Å²) in [5.41, 5.74) is 0.987. The number of benzene rings is 2. The summed E-state index contributed by atoms with van der Waals surface area (Å²) in [6, 6.07) is 13.8. The van der Waals surface area contributed by atoms with E-state index in [-0.39, 0.29) is 6.61 Å². The predicted octanol–water partition coefficient (Wildman–Crippen LogP) is 4.28. The Balaban J connectivity index is 1.83. The van der Waals surface area contributed by atoms with E-state index in [1.54, 1.807) is 36.4 Å². The van der Waals surface area contributed by atoms with Crippen LogP contribution in [-0.4, -0.2) is 25.1 Å². The molecule has 6 heteroatoms. The van der Waals surface area contributed by atoms with E-state index in [0.717, 1.165) is 4.47 Å². The maximum atomic E-state index is 12.0. The largest absolute Gasteiger partial charge is 0.493 e. The molecule has 25 heavy (non-hydrogen) atoms. The molecule has 0 heterocycles. The summed E-state index contributed by atoms with van der Waals surface area (Å²) in [5.74, 6) is 0.152. The van der Waals surface area contributed by atoms with E-state index >= 15 is 0 Å². The zero-order valence-corrected chi connectivity index (χ0v) is 15.7. The van der Waals surface area contributed by atoms with Gasteiger partial charge in [-0.3, -0.25) is 4.79 Å². The first-order valence-electron chi connectivity index (χ1n) is 7.90. The summed E-state index contributed by atoms with van der Waals surface area (Å²) in [6.07, 6.45) is 0. The topological polar surface area (TPSA) is 64.6 Å². The molecular formula is C19H20BrNO4. The maximum absolute atomic E-state index is 12.0. The molecule has 0 aliphatic heterocycles. The molecule has 0 aliphatic carbocycles. The average molecular weight is 406 g/mol. The zero-order valence-electron chi connectivity index (χ0n) is 14.1. The number of rotatable bonds is 7. The number of esters is 1. The molecule has 0 saturated heterocycles. The molecule has 2 aromatic rings. The predicted molar refractivity (Wildman–Crippen MR) is 99.8 cm³/mol. The summed E-state index contributed by atoms with van der Waals surface area (Å²) in [6.45, 7) is 4.38. The number of carbonyl (C=O) groups excluding carboxylic acids is 2. The van der Waals surface area contributed by atoms with Gasteiger partial charge in [0.05, 0.1) is 17.9 Å². The van der Waals surface area contributed by atoms with E-state index in [9.17, 15) is 9.59 Å². The molecule has 1 N–H and O–H groups in total. The van der Waals surface area contributed by atoms with Crippen LogP contribution in [-0.2, 0) is 9.53 Å². The Morgan fingerprint density at radius 2 is 1.76 bits per heavy atom. The SMILES string of the molecule is CC(C)COc1ccc(C(=O)OCC(=O)Nc2ccccc2Br)cc1. The van der Waals surface area contributed by atoms with E-state index in [2.05, 4.69) is 35.1 Å². The highest BCUT2D eigenvalue weighted by Crippen LogP contribution is 2.21. The summed E-state index contributed by atoms with van der Waals surface area (Å²) in [4.78, 5) is 23.9.